The molecule has 0 N–H and O–H groups in total. The van der Waals surface area contributed by atoms with Crippen molar-refractivity contribution in [3.05, 3.63) is 17.0 Å². The second-order valence-electron chi connectivity index (χ2n) is 4.13. The van der Waals surface area contributed by atoms with Crippen LogP contribution < -0.4 is 4.74 Å². The Bertz CT molecular complexity index is 368. The largest absolute Gasteiger partial charge is 0.474 e. The van der Waals surface area contributed by atoms with E-state index in [2.05, 4.69) is 16.9 Å². The van der Waals surface area contributed by atoms with E-state index < -0.39 is 0 Å². The molecule has 5 heteroatoms. The zero-order chi connectivity index (χ0) is 12.1. The van der Waals surface area contributed by atoms with Gasteiger partial charge in [0.25, 0.3) is 0 Å². The van der Waals surface area contributed by atoms with E-state index in [0.29, 0.717) is 11.0 Å². The maximum Gasteiger partial charge on any atom is 0.221 e. The van der Waals surface area contributed by atoms with Crippen LogP contribution in [0.15, 0.2) is 6.33 Å². The third-order valence-corrected chi connectivity index (χ3v) is 3.13. The lowest BCUT2D eigenvalue weighted by atomic mass is 10.1. The van der Waals surface area contributed by atoms with Gasteiger partial charge in [-0.05, 0) is 6.42 Å². The molecule has 1 aliphatic rings. The molecule has 0 bridgehead atoms. The van der Waals surface area contributed by atoms with Gasteiger partial charge in [0.15, 0.2) is 0 Å². The van der Waals surface area contributed by atoms with Gasteiger partial charge in [-0.2, -0.15) is 0 Å². The molecular formula is C12H17ClN2O2. The Hall–Kier alpha value is -0.870. The van der Waals surface area contributed by atoms with Crippen molar-refractivity contribution in [1.29, 1.82) is 0 Å². The standard InChI is InChI=1S/C12H17ClN2O2/c1-2-3-10-11(13)14-8-15-12(10)17-9-4-6-16-7-5-9/h8-9H,2-7H2,1H3. The molecule has 94 valence electrons. The van der Waals surface area contributed by atoms with Crippen molar-refractivity contribution in [3.8, 4) is 5.88 Å². The molecule has 0 unspecified atom stereocenters. The lowest BCUT2D eigenvalue weighted by Crippen LogP contribution is -2.26. The summed E-state index contributed by atoms with van der Waals surface area (Å²) >= 11 is 6.07. The number of aromatic nitrogens is 2. The molecule has 2 heterocycles. The van der Waals surface area contributed by atoms with Crippen LogP contribution in [-0.2, 0) is 11.2 Å². The number of rotatable bonds is 4. The molecule has 2 rings (SSSR count). The molecule has 1 fully saturated rings. The van der Waals surface area contributed by atoms with Crippen molar-refractivity contribution in [2.24, 2.45) is 0 Å². The molecule has 0 radical (unpaired) electrons. The second kappa shape index (κ2) is 6.17. The predicted molar refractivity (Wildman–Crippen MR) is 65.5 cm³/mol. The highest BCUT2D eigenvalue weighted by atomic mass is 35.5. The summed E-state index contributed by atoms with van der Waals surface area (Å²) in [6, 6.07) is 0. The van der Waals surface area contributed by atoms with Crippen molar-refractivity contribution >= 4 is 11.6 Å². The molecule has 17 heavy (non-hydrogen) atoms. The average molecular weight is 257 g/mol. The van der Waals surface area contributed by atoms with Crippen LogP contribution >= 0.6 is 11.6 Å². The second-order valence-corrected chi connectivity index (χ2v) is 4.49. The SMILES string of the molecule is CCCc1c(Cl)ncnc1OC1CCOCC1. The Labute approximate surface area is 106 Å². The van der Waals surface area contributed by atoms with Crippen LogP contribution in [0.1, 0.15) is 31.7 Å². The quantitative estimate of drug-likeness (QED) is 0.777. The van der Waals surface area contributed by atoms with Crippen LogP contribution in [0.2, 0.25) is 5.15 Å². The van der Waals surface area contributed by atoms with E-state index in [1.54, 1.807) is 0 Å². The Morgan fingerprint density at radius 2 is 2.18 bits per heavy atom. The van der Waals surface area contributed by atoms with Gasteiger partial charge in [-0.1, -0.05) is 24.9 Å². The molecule has 0 saturated carbocycles. The highest BCUT2D eigenvalue weighted by Gasteiger charge is 2.18. The van der Waals surface area contributed by atoms with Gasteiger partial charge in [-0.15, -0.1) is 0 Å². The summed E-state index contributed by atoms with van der Waals surface area (Å²) in [6.07, 6.45) is 5.30. The summed E-state index contributed by atoms with van der Waals surface area (Å²) in [7, 11) is 0. The molecular weight excluding hydrogens is 240 g/mol. The molecule has 0 atom stereocenters. The van der Waals surface area contributed by atoms with E-state index in [0.717, 1.165) is 44.5 Å². The summed E-state index contributed by atoms with van der Waals surface area (Å²) < 4.78 is 11.2. The molecule has 1 saturated heterocycles. The van der Waals surface area contributed by atoms with Crippen LogP contribution in [-0.4, -0.2) is 29.3 Å². The van der Waals surface area contributed by atoms with Gasteiger partial charge in [-0.3, -0.25) is 0 Å². The topological polar surface area (TPSA) is 44.2 Å². The molecule has 0 aliphatic carbocycles. The fourth-order valence-electron chi connectivity index (χ4n) is 1.89. The predicted octanol–water partition coefficient (Wildman–Crippen LogP) is 2.64. The van der Waals surface area contributed by atoms with Gasteiger partial charge >= 0.3 is 0 Å². The zero-order valence-corrected chi connectivity index (χ0v) is 10.7. The Morgan fingerprint density at radius 3 is 2.88 bits per heavy atom. The first-order valence-corrected chi connectivity index (χ1v) is 6.42. The molecule has 1 aromatic heterocycles. The number of halogens is 1. The minimum Gasteiger partial charge on any atom is -0.474 e. The van der Waals surface area contributed by atoms with E-state index in [-0.39, 0.29) is 6.10 Å². The van der Waals surface area contributed by atoms with E-state index >= 15 is 0 Å². The van der Waals surface area contributed by atoms with Crippen LogP contribution in [0.4, 0.5) is 0 Å². The highest BCUT2D eigenvalue weighted by molar-refractivity contribution is 6.30. The smallest absolute Gasteiger partial charge is 0.221 e. The van der Waals surface area contributed by atoms with Crippen molar-refractivity contribution in [2.45, 2.75) is 38.7 Å². The molecule has 0 spiro atoms. The molecule has 1 aliphatic heterocycles. The maximum absolute atomic E-state index is 6.07. The summed E-state index contributed by atoms with van der Waals surface area (Å²) in [6.45, 7) is 3.61. The lowest BCUT2D eigenvalue weighted by Gasteiger charge is -2.23. The van der Waals surface area contributed by atoms with Crippen LogP contribution in [0.25, 0.3) is 0 Å². The fourth-order valence-corrected chi connectivity index (χ4v) is 2.11. The van der Waals surface area contributed by atoms with Crippen molar-refractivity contribution < 1.29 is 9.47 Å². The Morgan fingerprint density at radius 1 is 1.41 bits per heavy atom. The molecule has 4 nitrogen and oxygen atoms in total. The van der Waals surface area contributed by atoms with Crippen LogP contribution in [0, 0.1) is 0 Å². The average Bonchev–Trinajstić information content (AvgIpc) is 2.35. The first kappa shape index (κ1) is 12.6. The number of nitrogens with zero attached hydrogens (tertiary/aromatic N) is 2. The van der Waals surface area contributed by atoms with Gasteiger partial charge < -0.3 is 9.47 Å². The molecule has 0 amide bonds. The van der Waals surface area contributed by atoms with Crippen molar-refractivity contribution in [1.82, 2.24) is 9.97 Å². The van der Waals surface area contributed by atoms with Crippen molar-refractivity contribution in [2.75, 3.05) is 13.2 Å². The minimum absolute atomic E-state index is 0.185. The monoisotopic (exact) mass is 256 g/mol. The van der Waals surface area contributed by atoms with E-state index in [9.17, 15) is 0 Å². The third kappa shape index (κ3) is 3.30. The summed E-state index contributed by atoms with van der Waals surface area (Å²) in [5, 5.41) is 0.504. The van der Waals surface area contributed by atoms with Gasteiger partial charge in [0.1, 0.15) is 17.6 Å². The fraction of sp³-hybridized carbons (Fsp3) is 0.667. The molecule has 0 aromatic carbocycles. The summed E-state index contributed by atoms with van der Waals surface area (Å²) in [4.78, 5) is 8.19. The van der Waals surface area contributed by atoms with Gasteiger partial charge in [0, 0.05) is 12.8 Å². The van der Waals surface area contributed by atoms with E-state index in [1.807, 2.05) is 0 Å². The zero-order valence-electron chi connectivity index (χ0n) is 9.99. The van der Waals surface area contributed by atoms with Gasteiger partial charge in [0.05, 0.1) is 18.8 Å². The third-order valence-electron chi connectivity index (χ3n) is 2.80. The normalized spacial score (nSPS) is 17.1. The number of ether oxygens (including phenoxy) is 2. The first-order chi connectivity index (χ1) is 8.31. The van der Waals surface area contributed by atoms with Crippen molar-refractivity contribution in [3.63, 3.8) is 0 Å². The summed E-state index contributed by atoms with van der Waals surface area (Å²) in [5.74, 6) is 0.638. The first-order valence-electron chi connectivity index (χ1n) is 6.05. The molecule has 1 aromatic rings. The minimum atomic E-state index is 0.185. The number of hydrogen-bond donors (Lipinski definition) is 0. The van der Waals surface area contributed by atoms with Gasteiger partial charge in [-0.25, -0.2) is 9.97 Å². The van der Waals surface area contributed by atoms with Crippen LogP contribution in [0.3, 0.4) is 0 Å². The lowest BCUT2D eigenvalue weighted by molar-refractivity contribution is 0.0232. The highest BCUT2D eigenvalue weighted by Crippen LogP contribution is 2.25. The summed E-state index contributed by atoms with van der Waals surface area (Å²) in [5.41, 5.74) is 0.920. The maximum atomic E-state index is 6.07. The van der Waals surface area contributed by atoms with E-state index in [4.69, 9.17) is 21.1 Å². The van der Waals surface area contributed by atoms with E-state index in [1.165, 1.54) is 6.33 Å². The number of hydrogen-bond acceptors (Lipinski definition) is 4. The van der Waals surface area contributed by atoms with Gasteiger partial charge in [0.2, 0.25) is 5.88 Å². The van der Waals surface area contributed by atoms with Crippen LogP contribution in [0.5, 0.6) is 5.88 Å². The Balaban J connectivity index is 2.10. The Kier molecular flexibility index (Phi) is 4.57.